The molecule has 0 aromatic heterocycles. The van der Waals surface area contributed by atoms with Gasteiger partial charge in [0.05, 0.1) is 6.61 Å². The molecule has 5 nitrogen and oxygen atoms in total. The molecule has 106 valence electrons. The van der Waals surface area contributed by atoms with Crippen molar-refractivity contribution in [1.29, 1.82) is 0 Å². The summed E-state index contributed by atoms with van der Waals surface area (Å²) in [5, 5.41) is 0. The highest BCUT2D eigenvalue weighted by molar-refractivity contribution is 6.31. The van der Waals surface area contributed by atoms with E-state index in [1.165, 1.54) is 5.57 Å². The molecule has 1 atom stereocenters. The van der Waals surface area contributed by atoms with Gasteiger partial charge in [0.25, 0.3) is 0 Å². The third-order valence-electron chi connectivity index (χ3n) is 3.27. The van der Waals surface area contributed by atoms with Gasteiger partial charge in [0.2, 0.25) is 0 Å². The number of carbonyl (C=O) groups excluding carboxylic acids is 1. The van der Waals surface area contributed by atoms with Crippen LogP contribution in [0.2, 0.25) is 5.82 Å². The average molecular weight is 267 g/mol. The molecule has 0 aromatic carbocycles. The Morgan fingerprint density at radius 1 is 1.53 bits per heavy atom. The summed E-state index contributed by atoms with van der Waals surface area (Å²) in [5.74, 6) is 0.346. The fourth-order valence-electron chi connectivity index (χ4n) is 2.28. The van der Waals surface area contributed by atoms with Gasteiger partial charge in [-0.05, 0) is 33.6 Å². The van der Waals surface area contributed by atoms with Gasteiger partial charge in [-0.2, -0.15) is 0 Å². The van der Waals surface area contributed by atoms with Crippen LogP contribution in [0.25, 0.3) is 0 Å². The Labute approximate surface area is 115 Å². The van der Waals surface area contributed by atoms with E-state index in [0.717, 1.165) is 19.4 Å². The van der Waals surface area contributed by atoms with E-state index in [2.05, 4.69) is 6.08 Å². The van der Waals surface area contributed by atoms with Crippen LogP contribution in [0.1, 0.15) is 33.6 Å². The first-order valence-corrected chi connectivity index (χ1v) is 6.87. The molecule has 1 fully saturated rings. The highest BCUT2D eigenvalue weighted by atomic mass is 17.2. The molecule has 0 bridgehead atoms. The summed E-state index contributed by atoms with van der Waals surface area (Å²) in [7, 11) is 0.623. The molecule has 2 heterocycles. The highest BCUT2D eigenvalue weighted by Gasteiger charge is 2.27. The lowest BCUT2D eigenvalue weighted by atomic mass is 9.75. The molecule has 0 aliphatic carbocycles. The maximum atomic E-state index is 12.0. The number of hydrogen-bond donors (Lipinski definition) is 0. The van der Waals surface area contributed by atoms with Gasteiger partial charge in [-0.15, -0.1) is 0 Å². The molecule has 2 aliphatic heterocycles. The zero-order chi connectivity index (χ0) is 13.9. The minimum atomic E-state index is -0.441. The summed E-state index contributed by atoms with van der Waals surface area (Å²) in [6.07, 6.45) is 3.85. The maximum Gasteiger partial charge on any atom is 0.410 e. The van der Waals surface area contributed by atoms with Gasteiger partial charge in [0.15, 0.2) is 0 Å². The average Bonchev–Trinajstić information content (AvgIpc) is 2.71. The molecule has 0 aromatic rings. The Morgan fingerprint density at radius 3 is 2.95 bits per heavy atom. The van der Waals surface area contributed by atoms with Crippen LogP contribution in [0, 0.1) is 0 Å². The van der Waals surface area contributed by atoms with Crippen molar-refractivity contribution in [2.75, 3.05) is 19.7 Å². The fourth-order valence-corrected chi connectivity index (χ4v) is 2.28. The molecule has 2 aliphatic rings. The number of ether oxygens (including phenoxy) is 1. The van der Waals surface area contributed by atoms with E-state index >= 15 is 0 Å². The van der Waals surface area contributed by atoms with E-state index in [0.29, 0.717) is 26.5 Å². The summed E-state index contributed by atoms with van der Waals surface area (Å²) in [6.45, 7) is 7.63. The van der Waals surface area contributed by atoms with E-state index in [4.69, 9.17) is 14.4 Å². The molecular weight excluding hydrogens is 245 g/mol. The molecule has 1 amide bonds. The summed E-state index contributed by atoms with van der Waals surface area (Å²) in [4.78, 5) is 23.7. The standard InChI is InChI=1S/C13H22BNO4/c1-13(2,3)18-12(16)15-7-4-5-10(6-8-15)11-9-17-19-14-11/h6,11,14H,4-5,7-9H2,1-3H3. The molecule has 1 saturated heterocycles. The largest absolute Gasteiger partial charge is 0.444 e. The number of nitrogens with zero attached hydrogens (tertiary/aromatic N) is 1. The molecule has 19 heavy (non-hydrogen) atoms. The lowest BCUT2D eigenvalue weighted by molar-refractivity contribution is -0.182. The van der Waals surface area contributed by atoms with Crippen molar-refractivity contribution in [3.63, 3.8) is 0 Å². The number of rotatable bonds is 1. The minimum Gasteiger partial charge on any atom is -0.444 e. The van der Waals surface area contributed by atoms with Gasteiger partial charge in [-0.3, -0.25) is 4.89 Å². The number of carbonyl (C=O) groups is 1. The first-order chi connectivity index (χ1) is 8.96. The van der Waals surface area contributed by atoms with Gasteiger partial charge < -0.3 is 14.4 Å². The molecule has 0 spiro atoms. The monoisotopic (exact) mass is 267 g/mol. The van der Waals surface area contributed by atoms with Crippen molar-refractivity contribution in [1.82, 2.24) is 4.90 Å². The zero-order valence-corrected chi connectivity index (χ0v) is 12.0. The smallest absolute Gasteiger partial charge is 0.410 e. The van der Waals surface area contributed by atoms with Gasteiger partial charge in [0.1, 0.15) is 5.60 Å². The van der Waals surface area contributed by atoms with Crippen molar-refractivity contribution in [3.8, 4) is 0 Å². The lowest BCUT2D eigenvalue weighted by Crippen LogP contribution is -2.37. The van der Waals surface area contributed by atoms with Crippen LogP contribution in [0.15, 0.2) is 11.6 Å². The van der Waals surface area contributed by atoms with E-state index in [1.807, 2.05) is 20.8 Å². The first-order valence-electron chi connectivity index (χ1n) is 6.87. The molecule has 0 N–H and O–H groups in total. The minimum absolute atomic E-state index is 0.232. The van der Waals surface area contributed by atoms with Crippen LogP contribution in [0.5, 0.6) is 0 Å². The second-order valence-corrected chi connectivity index (χ2v) is 6.07. The summed E-state index contributed by atoms with van der Waals surface area (Å²) in [6, 6.07) is 0. The third kappa shape index (κ3) is 4.25. The molecule has 0 radical (unpaired) electrons. The van der Waals surface area contributed by atoms with Crippen molar-refractivity contribution < 1.29 is 19.2 Å². The van der Waals surface area contributed by atoms with Crippen molar-refractivity contribution in [3.05, 3.63) is 11.6 Å². The Morgan fingerprint density at radius 2 is 2.32 bits per heavy atom. The van der Waals surface area contributed by atoms with Crippen molar-refractivity contribution >= 4 is 13.6 Å². The van der Waals surface area contributed by atoms with E-state index in [-0.39, 0.29) is 6.09 Å². The predicted molar refractivity (Wildman–Crippen MR) is 73.1 cm³/mol. The van der Waals surface area contributed by atoms with Gasteiger partial charge >= 0.3 is 13.6 Å². The van der Waals surface area contributed by atoms with Gasteiger partial charge in [0, 0.05) is 18.9 Å². The molecule has 2 rings (SSSR count). The molecule has 0 saturated carbocycles. The highest BCUT2D eigenvalue weighted by Crippen LogP contribution is 2.28. The van der Waals surface area contributed by atoms with Crippen molar-refractivity contribution in [2.24, 2.45) is 0 Å². The molecule has 6 heteroatoms. The normalized spacial score (nSPS) is 24.5. The maximum absolute atomic E-state index is 12.0. The second-order valence-electron chi connectivity index (χ2n) is 6.07. The van der Waals surface area contributed by atoms with E-state index < -0.39 is 5.60 Å². The summed E-state index contributed by atoms with van der Waals surface area (Å²) >= 11 is 0. The zero-order valence-electron chi connectivity index (χ0n) is 12.0. The van der Waals surface area contributed by atoms with Crippen LogP contribution < -0.4 is 0 Å². The van der Waals surface area contributed by atoms with Crippen molar-refractivity contribution in [2.45, 2.75) is 45.0 Å². The van der Waals surface area contributed by atoms with Gasteiger partial charge in [-0.1, -0.05) is 11.6 Å². The third-order valence-corrected chi connectivity index (χ3v) is 3.27. The topological polar surface area (TPSA) is 48.0 Å². The van der Waals surface area contributed by atoms with Crippen LogP contribution >= 0.6 is 0 Å². The predicted octanol–water partition coefficient (Wildman–Crippen LogP) is 2.05. The van der Waals surface area contributed by atoms with E-state index in [9.17, 15) is 4.79 Å². The Balaban J connectivity index is 1.93. The Bertz CT molecular complexity index is 358. The number of hydrogen-bond acceptors (Lipinski definition) is 4. The number of amides is 1. The van der Waals surface area contributed by atoms with Crippen LogP contribution in [-0.4, -0.2) is 43.8 Å². The lowest BCUT2D eigenvalue weighted by Gasteiger charge is -2.25. The molecule has 1 unspecified atom stereocenters. The molecular formula is C13H22BNO4. The fraction of sp³-hybridized carbons (Fsp3) is 0.769. The van der Waals surface area contributed by atoms with Crippen LogP contribution in [-0.2, 0) is 14.4 Å². The second kappa shape index (κ2) is 5.97. The van der Waals surface area contributed by atoms with Gasteiger partial charge in [-0.25, -0.2) is 4.79 Å². The SMILES string of the molecule is CC(C)(C)OC(=O)N1CC=C(C2BOOC2)CCC1. The van der Waals surface area contributed by atoms with Crippen LogP contribution in [0.4, 0.5) is 4.79 Å². The first kappa shape index (κ1) is 14.4. The Hall–Kier alpha value is -1.01. The summed E-state index contributed by atoms with van der Waals surface area (Å²) in [5.41, 5.74) is 0.895. The van der Waals surface area contributed by atoms with E-state index in [1.54, 1.807) is 4.90 Å². The summed E-state index contributed by atoms with van der Waals surface area (Å²) < 4.78 is 5.40. The Kier molecular flexibility index (Phi) is 4.52. The van der Waals surface area contributed by atoms with Crippen LogP contribution in [0.3, 0.4) is 0 Å². The quantitative estimate of drug-likeness (QED) is 0.414.